The molecule has 47 heavy (non-hydrogen) atoms. The number of benzene rings is 2. The van der Waals surface area contributed by atoms with E-state index in [1.54, 1.807) is 7.05 Å². The molecule has 1 aliphatic carbocycles. The van der Waals surface area contributed by atoms with Crippen molar-refractivity contribution in [2.45, 2.75) is 68.6 Å². The highest BCUT2D eigenvalue weighted by Crippen LogP contribution is 2.39. The number of carbonyl (C=O) groups is 2. The van der Waals surface area contributed by atoms with Crippen molar-refractivity contribution in [3.8, 4) is 0 Å². The molecule has 2 aliphatic rings. The van der Waals surface area contributed by atoms with Crippen molar-refractivity contribution in [3.63, 3.8) is 0 Å². The second kappa shape index (κ2) is 14.4. The van der Waals surface area contributed by atoms with Crippen LogP contribution in [-0.4, -0.2) is 76.8 Å². The Morgan fingerprint density at radius 1 is 0.957 bits per heavy atom. The smallest absolute Gasteiger partial charge is 0.475 e. The predicted octanol–water partition coefficient (Wildman–Crippen LogP) is 5.55. The molecule has 1 amide bonds. The first kappa shape index (κ1) is 35.9. The molecule has 2 aromatic carbocycles. The Morgan fingerprint density at radius 2 is 1.53 bits per heavy atom. The molecule has 17 heteroatoms. The van der Waals surface area contributed by atoms with E-state index in [1.165, 1.54) is 29.4 Å². The second-order valence-electron chi connectivity index (χ2n) is 11.2. The summed E-state index contributed by atoms with van der Waals surface area (Å²) >= 11 is 0. The summed E-state index contributed by atoms with van der Waals surface area (Å²) in [7, 11) is -2.89. The van der Waals surface area contributed by atoms with E-state index >= 15 is 0 Å². The summed E-state index contributed by atoms with van der Waals surface area (Å²) in [6.45, 7) is 3.09. The van der Waals surface area contributed by atoms with Crippen molar-refractivity contribution in [3.05, 3.63) is 83.1 Å². The fourth-order valence-corrected chi connectivity index (χ4v) is 6.78. The summed E-state index contributed by atoms with van der Waals surface area (Å²) in [6, 6.07) is 11.7. The first-order chi connectivity index (χ1) is 22.0. The van der Waals surface area contributed by atoms with E-state index < -0.39 is 50.8 Å². The summed E-state index contributed by atoms with van der Waals surface area (Å²) in [4.78, 5) is 29.2. The molecule has 256 valence electrons. The van der Waals surface area contributed by atoms with Crippen molar-refractivity contribution in [1.82, 2.24) is 19.1 Å². The third kappa shape index (κ3) is 9.54. The molecule has 1 N–H and O–H groups in total. The van der Waals surface area contributed by atoms with Crippen molar-refractivity contribution < 1.29 is 53.9 Å². The largest absolute Gasteiger partial charge is 0.490 e. The number of likely N-dealkylation sites (tertiary alicyclic amines) is 1. The summed E-state index contributed by atoms with van der Waals surface area (Å²) in [6.07, 6.45) is -5.28. The Hall–Kier alpha value is -3.96. The quantitative estimate of drug-likeness (QED) is 0.275. The SMILES string of the molecule is CN(Cc1ccc(CN2CCCC2)cc1)C(=O)c1coc(CN(C2CC2)S(=O)(=O)c2ccccc2C(F)(F)F)n1.O=C(O)C(F)(F)F. The van der Waals surface area contributed by atoms with E-state index in [4.69, 9.17) is 14.3 Å². The number of nitrogens with zero attached hydrogens (tertiary/aromatic N) is 4. The van der Waals surface area contributed by atoms with E-state index in [9.17, 15) is 39.6 Å². The van der Waals surface area contributed by atoms with Crippen LogP contribution >= 0.6 is 0 Å². The summed E-state index contributed by atoms with van der Waals surface area (Å²) in [5.74, 6) is -3.24. The molecule has 0 spiro atoms. The highest BCUT2D eigenvalue weighted by atomic mass is 32.2. The Labute approximate surface area is 266 Å². The van der Waals surface area contributed by atoms with Crippen LogP contribution in [0.15, 0.2) is 64.1 Å². The van der Waals surface area contributed by atoms with Gasteiger partial charge in [0.2, 0.25) is 15.9 Å². The van der Waals surface area contributed by atoms with E-state index in [-0.39, 0.29) is 18.1 Å². The zero-order chi connectivity index (χ0) is 34.6. The van der Waals surface area contributed by atoms with Gasteiger partial charge in [-0.3, -0.25) is 9.69 Å². The van der Waals surface area contributed by atoms with Crippen molar-refractivity contribution in [2.24, 2.45) is 0 Å². The first-order valence-corrected chi connectivity index (χ1v) is 15.9. The topological polar surface area (TPSA) is 124 Å². The molecule has 0 radical (unpaired) electrons. The van der Waals surface area contributed by atoms with Crippen LogP contribution in [0.25, 0.3) is 0 Å². The maximum absolute atomic E-state index is 13.6. The Bertz CT molecular complexity index is 1650. The molecule has 1 aromatic heterocycles. The van der Waals surface area contributed by atoms with E-state index in [0.29, 0.717) is 19.4 Å². The van der Waals surface area contributed by atoms with Crippen LogP contribution in [0.2, 0.25) is 0 Å². The molecule has 0 atom stereocenters. The molecule has 1 saturated carbocycles. The van der Waals surface area contributed by atoms with E-state index in [0.717, 1.165) is 54.0 Å². The number of halogens is 6. The highest BCUT2D eigenvalue weighted by Gasteiger charge is 2.44. The average molecular weight is 691 g/mol. The molecule has 0 bridgehead atoms. The van der Waals surface area contributed by atoms with Gasteiger partial charge < -0.3 is 14.4 Å². The lowest BCUT2D eigenvalue weighted by atomic mass is 10.1. The van der Waals surface area contributed by atoms with Crippen LogP contribution in [0.3, 0.4) is 0 Å². The number of carboxylic acid groups (broad SMARTS) is 1. The normalized spacial score (nSPS) is 15.7. The van der Waals surface area contributed by atoms with Gasteiger partial charge in [0.1, 0.15) is 6.26 Å². The van der Waals surface area contributed by atoms with Gasteiger partial charge in [0.25, 0.3) is 5.91 Å². The van der Waals surface area contributed by atoms with Crippen LogP contribution in [0, 0.1) is 0 Å². The highest BCUT2D eigenvalue weighted by molar-refractivity contribution is 7.89. The second-order valence-corrected chi connectivity index (χ2v) is 13.0. The molecule has 2 heterocycles. The van der Waals surface area contributed by atoms with Crippen LogP contribution < -0.4 is 0 Å². The van der Waals surface area contributed by atoms with Crippen molar-refractivity contribution in [1.29, 1.82) is 0 Å². The van der Waals surface area contributed by atoms with Crippen LogP contribution in [0.4, 0.5) is 26.3 Å². The lowest BCUT2D eigenvalue weighted by Gasteiger charge is -2.22. The minimum absolute atomic E-state index is 0.00742. The van der Waals surface area contributed by atoms with Crippen molar-refractivity contribution >= 4 is 21.9 Å². The molecular formula is C30H32F6N4O6S. The monoisotopic (exact) mass is 690 g/mol. The number of sulfonamides is 1. The average Bonchev–Trinajstić information content (AvgIpc) is 3.49. The third-order valence-electron chi connectivity index (χ3n) is 7.43. The summed E-state index contributed by atoms with van der Waals surface area (Å²) < 4.78 is 105. The number of aliphatic carboxylic acids is 1. The Balaban J connectivity index is 0.000000644. The van der Waals surface area contributed by atoms with E-state index in [1.807, 2.05) is 12.1 Å². The van der Waals surface area contributed by atoms with Crippen LogP contribution in [0.1, 0.15) is 58.8 Å². The summed E-state index contributed by atoms with van der Waals surface area (Å²) in [5, 5.41) is 7.12. The third-order valence-corrected chi connectivity index (χ3v) is 9.39. The van der Waals surface area contributed by atoms with Crippen LogP contribution in [0.5, 0.6) is 0 Å². The maximum atomic E-state index is 13.6. The number of carboxylic acids is 1. The molecule has 3 aromatic rings. The molecule has 1 saturated heterocycles. The number of hydrogen-bond donors (Lipinski definition) is 1. The molecule has 0 unspecified atom stereocenters. The number of alkyl halides is 6. The lowest BCUT2D eigenvalue weighted by Crippen LogP contribution is -2.34. The molecule has 5 rings (SSSR count). The molecular weight excluding hydrogens is 658 g/mol. The van der Waals surface area contributed by atoms with Gasteiger partial charge in [0.15, 0.2) is 5.69 Å². The lowest BCUT2D eigenvalue weighted by molar-refractivity contribution is -0.192. The van der Waals surface area contributed by atoms with Gasteiger partial charge in [0.05, 0.1) is 17.0 Å². The number of rotatable bonds is 10. The fraction of sp³-hybridized carbons (Fsp3) is 0.433. The van der Waals surface area contributed by atoms with Gasteiger partial charge in [-0.2, -0.15) is 30.6 Å². The van der Waals surface area contributed by atoms with Crippen LogP contribution in [-0.2, 0) is 40.6 Å². The molecule has 10 nitrogen and oxygen atoms in total. The Morgan fingerprint density at radius 3 is 2.09 bits per heavy atom. The maximum Gasteiger partial charge on any atom is 0.490 e. The fourth-order valence-electron chi connectivity index (χ4n) is 4.93. The van der Waals surface area contributed by atoms with Crippen molar-refractivity contribution in [2.75, 3.05) is 20.1 Å². The van der Waals surface area contributed by atoms with Gasteiger partial charge in [-0.25, -0.2) is 18.2 Å². The van der Waals surface area contributed by atoms with Gasteiger partial charge in [-0.15, -0.1) is 0 Å². The van der Waals surface area contributed by atoms with Gasteiger partial charge in [0, 0.05) is 26.2 Å². The predicted molar refractivity (Wildman–Crippen MR) is 154 cm³/mol. The standard InChI is InChI=1S/C28H31F3N4O4S.C2HF3O2/c1-33(16-20-8-10-21(11-9-20)17-34-14-4-5-15-34)27(36)24-19-39-26(32-24)18-35(22-12-13-22)40(37,38)25-7-3-2-6-23(25)28(29,30)31;3-2(4,5)1(6)7/h2-3,6-11,19,22H,4-5,12-18H2,1H3;(H,6,7). The minimum atomic E-state index is -5.08. The number of amides is 1. The Kier molecular flexibility index (Phi) is 11.0. The molecule has 1 aliphatic heterocycles. The number of oxazole rings is 1. The van der Waals surface area contributed by atoms with E-state index in [2.05, 4.69) is 22.0 Å². The number of carbonyl (C=O) groups excluding carboxylic acids is 1. The first-order valence-electron chi connectivity index (χ1n) is 14.4. The minimum Gasteiger partial charge on any atom is -0.475 e. The zero-order valence-corrected chi connectivity index (χ0v) is 25.9. The molecule has 2 fully saturated rings. The van der Waals surface area contributed by atoms with Gasteiger partial charge >= 0.3 is 18.3 Å². The number of hydrogen-bond acceptors (Lipinski definition) is 7. The van der Waals surface area contributed by atoms with Gasteiger partial charge in [-0.05, 0) is 62.0 Å². The summed E-state index contributed by atoms with van der Waals surface area (Å²) in [5.41, 5.74) is 0.925. The van der Waals surface area contributed by atoms with Gasteiger partial charge in [-0.1, -0.05) is 36.4 Å². The zero-order valence-electron chi connectivity index (χ0n) is 25.1. The number of aromatic nitrogens is 1.